The minimum atomic E-state index is -3.79. The monoisotopic (exact) mass is 376 g/mol. The Kier molecular flexibility index (Phi) is 4.70. The molecule has 0 aliphatic heterocycles. The average molecular weight is 377 g/mol. The molecule has 8 heteroatoms. The molecule has 114 valence electrons. The molecule has 2 rings (SSSR count). The molecule has 0 aliphatic rings. The van der Waals surface area contributed by atoms with Crippen molar-refractivity contribution in [3.8, 4) is 0 Å². The van der Waals surface area contributed by atoms with Crippen LogP contribution in [-0.4, -0.2) is 15.5 Å². The van der Waals surface area contributed by atoms with Crippen molar-refractivity contribution in [1.82, 2.24) is 5.32 Å². The van der Waals surface area contributed by atoms with E-state index in [1.165, 1.54) is 24.3 Å². The minimum absolute atomic E-state index is 0.0631. The summed E-state index contributed by atoms with van der Waals surface area (Å²) in [4.78, 5) is 0.0631. The van der Waals surface area contributed by atoms with E-state index in [9.17, 15) is 12.8 Å². The van der Waals surface area contributed by atoms with Crippen LogP contribution >= 0.6 is 15.9 Å². The highest BCUT2D eigenvalue weighted by atomic mass is 79.9. The summed E-state index contributed by atoms with van der Waals surface area (Å²) in [6.45, 7) is 2.01. The van der Waals surface area contributed by atoms with Crippen LogP contribution in [0.15, 0.2) is 38.1 Å². The molecule has 0 amide bonds. The van der Waals surface area contributed by atoms with Crippen molar-refractivity contribution in [2.45, 2.75) is 18.4 Å². The van der Waals surface area contributed by atoms with E-state index < -0.39 is 15.8 Å². The van der Waals surface area contributed by atoms with E-state index in [0.29, 0.717) is 18.1 Å². The minimum Gasteiger partial charge on any atom is -0.464 e. The predicted octanol–water partition coefficient (Wildman–Crippen LogP) is 3.01. The number of hydrogen-bond donors (Lipinski definition) is 2. The molecular formula is C13H14BrFN2O3S. The van der Waals surface area contributed by atoms with Crippen molar-refractivity contribution >= 4 is 31.6 Å². The largest absolute Gasteiger partial charge is 0.464 e. The second kappa shape index (κ2) is 6.17. The van der Waals surface area contributed by atoms with Gasteiger partial charge in [0.1, 0.15) is 22.2 Å². The van der Waals surface area contributed by atoms with Gasteiger partial charge in [-0.3, -0.25) is 4.72 Å². The Balaban J connectivity index is 2.31. The predicted molar refractivity (Wildman–Crippen MR) is 81.1 cm³/mol. The molecule has 1 heterocycles. The van der Waals surface area contributed by atoms with Crippen molar-refractivity contribution < 1.29 is 17.2 Å². The Bertz CT molecular complexity index is 759. The Morgan fingerprint density at radius 3 is 2.67 bits per heavy atom. The van der Waals surface area contributed by atoms with Gasteiger partial charge in [0.15, 0.2) is 0 Å². The summed E-state index contributed by atoms with van der Waals surface area (Å²) in [6, 6.07) is 5.35. The molecule has 0 fully saturated rings. The third-order valence-electron chi connectivity index (χ3n) is 2.74. The summed E-state index contributed by atoms with van der Waals surface area (Å²) in [5, 5.41) is 2.88. The Morgan fingerprint density at radius 1 is 1.33 bits per heavy atom. The maximum Gasteiger partial charge on any atom is 0.265 e. The lowest BCUT2D eigenvalue weighted by Crippen LogP contribution is -2.13. The molecule has 2 aromatic rings. The number of aryl methyl sites for hydroxylation is 1. The fourth-order valence-electron chi connectivity index (χ4n) is 1.82. The van der Waals surface area contributed by atoms with Crippen LogP contribution in [0.2, 0.25) is 0 Å². The number of rotatable bonds is 5. The Labute approximate surface area is 130 Å². The zero-order valence-electron chi connectivity index (χ0n) is 11.4. The number of anilines is 1. The molecule has 0 radical (unpaired) electrons. The molecule has 0 saturated heterocycles. The third-order valence-corrected chi connectivity index (χ3v) is 4.83. The zero-order chi connectivity index (χ0) is 15.6. The fourth-order valence-corrected chi connectivity index (χ4v) is 3.45. The fraction of sp³-hybridized carbons (Fsp3) is 0.231. The first-order valence-corrected chi connectivity index (χ1v) is 8.33. The van der Waals surface area contributed by atoms with E-state index in [1.807, 2.05) is 0 Å². The van der Waals surface area contributed by atoms with Gasteiger partial charge < -0.3 is 9.73 Å². The number of halogens is 2. The van der Waals surface area contributed by atoms with E-state index in [2.05, 4.69) is 26.0 Å². The molecule has 5 nitrogen and oxygen atoms in total. The van der Waals surface area contributed by atoms with Crippen LogP contribution in [0.25, 0.3) is 0 Å². The van der Waals surface area contributed by atoms with Gasteiger partial charge in [-0.25, -0.2) is 12.8 Å². The quantitative estimate of drug-likeness (QED) is 0.841. The van der Waals surface area contributed by atoms with Crippen molar-refractivity contribution in [1.29, 1.82) is 0 Å². The average Bonchev–Trinajstić information content (AvgIpc) is 2.76. The number of furan rings is 1. The van der Waals surface area contributed by atoms with Gasteiger partial charge in [-0.2, -0.15) is 0 Å². The van der Waals surface area contributed by atoms with Crippen LogP contribution in [0.4, 0.5) is 10.1 Å². The molecule has 0 bridgehead atoms. The highest BCUT2D eigenvalue weighted by molar-refractivity contribution is 9.10. The van der Waals surface area contributed by atoms with Gasteiger partial charge in [0.25, 0.3) is 10.0 Å². The van der Waals surface area contributed by atoms with Crippen LogP contribution in [0.5, 0.6) is 0 Å². The van der Waals surface area contributed by atoms with Crippen molar-refractivity contribution in [3.63, 3.8) is 0 Å². The normalized spacial score (nSPS) is 11.6. The summed E-state index contributed by atoms with van der Waals surface area (Å²) in [5.74, 6) is 0.360. The first-order chi connectivity index (χ1) is 9.83. The highest BCUT2D eigenvalue weighted by Gasteiger charge is 2.21. The number of benzene rings is 1. The maximum absolute atomic E-state index is 13.2. The van der Waals surface area contributed by atoms with Crippen LogP contribution in [0, 0.1) is 12.7 Å². The standard InChI is InChI=1S/C13H14BrFN2O3S/c1-8-13(6-10(20-8)7-16-2)21(18,19)17-9-3-4-12(15)11(14)5-9/h3-6,16-17H,7H2,1-2H3. The molecule has 21 heavy (non-hydrogen) atoms. The summed E-state index contributed by atoms with van der Waals surface area (Å²) in [7, 11) is -2.05. The van der Waals surface area contributed by atoms with Gasteiger partial charge in [-0.05, 0) is 48.1 Å². The van der Waals surface area contributed by atoms with E-state index in [-0.39, 0.29) is 15.1 Å². The lowest BCUT2D eigenvalue weighted by Gasteiger charge is -2.07. The molecule has 0 saturated carbocycles. The third kappa shape index (κ3) is 3.63. The lowest BCUT2D eigenvalue weighted by molar-refractivity contribution is 0.466. The van der Waals surface area contributed by atoms with Crippen LogP contribution in [0.3, 0.4) is 0 Å². The molecule has 0 spiro atoms. The molecular weight excluding hydrogens is 363 g/mol. The molecule has 1 aromatic heterocycles. The maximum atomic E-state index is 13.2. The Hall–Kier alpha value is -1.38. The van der Waals surface area contributed by atoms with Gasteiger partial charge in [-0.15, -0.1) is 0 Å². The van der Waals surface area contributed by atoms with Crippen molar-refractivity contribution in [2.75, 3.05) is 11.8 Å². The number of nitrogens with one attached hydrogen (secondary N) is 2. The summed E-state index contributed by atoms with van der Waals surface area (Å²) in [5.41, 5.74) is 0.263. The Morgan fingerprint density at radius 2 is 2.05 bits per heavy atom. The second-order valence-corrected chi connectivity index (χ2v) is 6.90. The van der Waals surface area contributed by atoms with Gasteiger partial charge >= 0.3 is 0 Å². The van der Waals surface area contributed by atoms with Crippen molar-refractivity contribution in [3.05, 3.63) is 46.1 Å². The molecule has 0 aliphatic carbocycles. The van der Waals surface area contributed by atoms with Crippen molar-refractivity contribution in [2.24, 2.45) is 0 Å². The topological polar surface area (TPSA) is 71.3 Å². The van der Waals surface area contributed by atoms with Crippen LogP contribution in [-0.2, 0) is 16.6 Å². The van der Waals surface area contributed by atoms with Crippen LogP contribution < -0.4 is 10.0 Å². The molecule has 1 aromatic carbocycles. The zero-order valence-corrected chi connectivity index (χ0v) is 13.8. The van der Waals surface area contributed by atoms with Gasteiger partial charge in [0.2, 0.25) is 0 Å². The second-order valence-electron chi connectivity index (χ2n) is 4.40. The number of sulfonamides is 1. The lowest BCUT2D eigenvalue weighted by atomic mass is 10.3. The molecule has 0 unspecified atom stereocenters. The highest BCUT2D eigenvalue weighted by Crippen LogP contribution is 2.25. The van der Waals surface area contributed by atoms with E-state index >= 15 is 0 Å². The first-order valence-electron chi connectivity index (χ1n) is 6.05. The van der Waals surface area contributed by atoms with E-state index in [1.54, 1.807) is 14.0 Å². The number of hydrogen-bond acceptors (Lipinski definition) is 4. The van der Waals surface area contributed by atoms with E-state index in [4.69, 9.17) is 4.42 Å². The molecule has 2 N–H and O–H groups in total. The molecule has 0 atom stereocenters. The summed E-state index contributed by atoms with van der Waals surface area (Å²) >= 11 is 3.01. The summed E-state index contributed by atoms with van der Waals surface area (Å²) < 4.78 is 45.8. The van der Waals surface area contributed by atoms with E-state index in [0.717, 1.165) is 0 Å². The summed E-state index contributed by atoms with van der Waals surface area (Å²) in [6.07, 6.45) is 0. The van der Waals surface area contributed by atoms with Gasteiger partial charge in [-0.1, -0.05) is 0 Å². The van der Waals surface area contributed by atoms with Gasteiger partial charge in [0.05, 0.1) is 16.7 Å². The van der Waals surface area contributed by atoms with Gasteiger partial charge in [0, 0.05) is 6.07 Å². The van der Waals surface area contributed by atoms with Crippen LogP contribution in [0.1, 0.15) is 11.5 Å². The first kappa shape index (κ1) is 16.0. The SMILES string of the molecule is CNCc1cc(S(=O)(=O)Nc2ccc(F)c(Br)c2)c(C)o1. The smallest absolute Gasteiger partial charge is 0.265 e.